The third-order valence-corrected chi connectivity index (χ3v) is 5.65. The van der Waals surface area contributed by atoms with Gasteiger partial charge in [0.2, 0.25) is 5.91 Å². The Hall–Kier alpha value is -2.42. The predicted molar refractivity (Wildman–Crippen MR) is 95.1 cm³/mol. The third-order valence-electron chi connectivity index (χ3n) is 4.53. The number of hydrogen-bond acceptors (Lipinski definition) is 6. The molecule has 1 aromatic heterocycles. The average Bonchev–Trinajstić information content (AvgIpc) is 3.29. The Bertz CT molecular complexity index is 784. The summed E-state index contributed by atoms with van der Waals surface area (Å²) in [5, 5.41) is 5.77. The van der Waals surface area contributed by atoms with Crippen molar-refractivity contribution >= 4 is 40.2 Å². The third kappa shape index (κ3) is 3.57. The molecule has 3 rings (SSSR count). The first-order valence-electron chi connectivity index (χ1n) is 8.50. The van der Waals surface area contributed by atoms with Gasteiger partial charge in [-0.05, 0) is 39.2 Å². The maximum Gasteiger partial charge on any atom is 0.342 e. The van der Waals surface area contributed by atoms with E-state index in [9.17, 15) is 19.2 Å². The van der Waals surface area contributed by atoms with E-state index in [0.29, 0.717) is 17.1 Å². The molecular weight excluding hydrogens is 358 g/mol. The van der Waals surface area contributed by atoms with E-state index in [-0.39, 0.29) is 23.9 Å². The number of ether oxygens (including phenoxy) is 1. The fraction of sp³-hybridized carbons (Fsp3) is 0.529. The van der Waals surface area contributed by atoms with E-state index in [0.717, 1.165) is 22.6 Å². The zero-order valence-electron chi connectivity index (χ0n) is 14.9. The molecule has 1 aromatic rings. The second-order valence-electron chi connectivity index (χ2n) is 6.52. The fourth-order valence-electron chi connectivity index (χ4n) is 2.69. The first-order chi connectivity index (χ1) is 12.3. The van der Waals surface area contributed by atoms with Crippen LogP contribution in [0.2, 0.25) is 0 Å². The fourth-order valence-corrected chi connectivity index (χ4v) is 3.74. The van der Waals surface area contributed by atoms with Crippen LogP contribution in [0.5, 0.6) is 0 Å². The van der Waals surface area contributed by atoms with Gasteiger partial charge in [0.15, 0.2) is 6.10 Å². The molecular formula is C17H21N3O5S. The number of carbonyl (C=O) groups excluding carboxylic acids is 4. The lowest BCUT2D eigenvalue weighted by atomic mass is 10.1. The van der Waals surface area contributed by atoms with Crippen LogP contribution in [0, 0.1) is 19.8 Å². The molecule has 26 heavy (non-hydrogen) atoms. The molecule has 140 valence electrons. The maximum absolute atomic E-state index is 12.6. The molecule has 2 fully saturated rings. The number of rotatable bonds is 5. The summed E-state index contributed by atoms with van der Waals surface area (Å²) < 4.78 is 5.30. The number of nitrogens with zero attached hydrogens (tertiary/aromatic N) is 1. The van der Waals surface area contributed by atoms with Gasteiger partial charge >= 0.3 is 12.0 Å². The summed E-state index contributed by atoms with van der Waals surface area (Å²) >= 11 is 1.31. The highest BCUT2D eigenvalue weighted by Crippen LogP contribution is 2.36. The molecule has 4 amide bonds. The van der Waals surface area contributed by atoms with E-state index < -0.39 is 24.0 Å². The summed E-state index contributed by atoms with van der Waals surface area (Å²) in [6.45, 7) is 5.69. The number of urea groups is 1. The lowest BCUT2D eigenvalue weighted by Gasteiger charge is -2.18. The van der Waals surface area contributed by atoms with Gasteiger partial charge in [0, 0.05) is 23.9 Å². The first kappa shape index (κ1) is 18.4. The molecule has 0 unspecified atom stereocenters. The van der Waals surface area contributed by atoms with Crippen molar-refractivity contribution in [3.8, 4) is 0 Å². The topological polar surface area (TPSA) is 105 Å². The molecule has 1 saturated carbocycles. The van der Waals surface area contributed by atoms with Crippen LogP contribution in [0.1, 0.15) is 40.6 Å². The summed E-state index contributed by atoms with van der Waals surface area (Å²) in [5.41, 5.74) is 0.983. The smallest absolute Gasteiger partial charge is 0.342 e. The number of carbonyl (C=O) groups is 4. The molecule has 2 N–H and O–H groups in total. The highest BCUT2D eigenvalue weighted by molar-refractivity contribution is 7.16. The Morgan fingerprint density at radius 3 is 2.58 bits per heavy atom. The van der Waals surface area contributed by atoms with Crippen molar-refractivity contribution in [3.05, 3.63) is 16.0 Å². The molecule has 2 heterocycles. The van der Waals surface area contributed by atoms with Gasteiger partial charge in [-0.25, -0.2) is 9.59 Å². The van der Waals surface area contributed by atoms with Crippen molar-refractivity contribution in [3.63, 3.8) is 0 Å². The largest absolute Gasteiger partial charge is 0.449 e. The highest BCUT2D eigenvalue weighted by Gasteiger charge is 2.34. The minimum Gasteiger partial charge on any atom is -0.449 e. The normalized spacial score (nSPS) is 17.7. The Morgan fingerprint density at radius 2 is 2.00 bits per heavy atom. The first-order valence-corrected chi connectivity index (χ1v) is 9.32. The van der Waals surface area contributed by atoms with Crippen molar-refractivity contribution in [1.29, 1.82) is 0 Å². The molecule has 0 radical (unpaired) electrons. The van der Waals surface area contributed by atoms with Crippen molar-refractivity contribution in [1.82, 2.24) is 10.2 Å². The van der Waals surface area contributed by atoms with Crippen molar-refractivity contribution < 1.29 is 23.9 Å². The standard InChI is InChI=1S/C17H21N3O5S/c1-8-10(3)26-14(19-13(21)11-4-5-11)12(8)16(23)25-9(2)15(22)20-7-6-18-17(20)24/h9,11H,4-7H2,1-3H3,(H,18,24)(H,19,21)/t9-/m0/s1. The summed E-state index contributed by atoms with van der Waals surface area (Å²) in [7, 11) is 0. The molecule has 9 heteroatoms. The van der Waals surface area contributed by atoms with Gasteiger partial charge in [0.25, 0.3) is 5.91 Å². The van der Waals surface area contributed by atoms with Crippen LogP contribution in [0.4, 0.5) is 9.80 Å². The number of nitrogens with one attached hydrogen (secondary N) is 2. The number of anilines is 1. The number of aryl methyl sites for hydroxylation is 1. The van der Waals surface area contributed by atoms with Crippen LogP contribution in [0.15, 0.2) is 0 Å². The van der Waals surface area contributed by atoms with Crippen LogP contribution >= 0.6 is 11.3 Å². The molecule has 2 aliphatic rings. The van der Waals surface area contributed by atoms with Gasteiger partial charge in [-0.2, -0.15) is 0 Å². The summed E-state index contributed by atoms with van der Waals surface area (Å²) in [6.07, 6.45) is 0.620. The van der Waals surface area contributed by atoms with Crippen molar-refractivity contribution in [2.45, 2.75) is 39.7 Å². The number of amides is 4. The molecule has 1 atom stereocenters. The number of thiophene rings is 1. The summed E-state index contributed by atoms with van der Waals surface area (Å²) in [4.78, 5) is 50.5. The van der Waals surface area contributed by atoms with Gasteiger partial charge in [-0.3, -0.25) is 14.5 Å². The number of hydrogen-bond donors (Lipinski definition) is 2. The Balaban J connectivity index is 1.73. The zero-order valence-corrected chi connectivity index (χ0v) is 15.7. The van der Waals surface area contributed by atoms with Gasteiger partial charge in [-0.15, -0.1) is 11.3 Å². The van der Waals surface area contributed by atoms with Crippen molar-refractivity contribution in [2.75, 3.05) is 18.4 Å². The minimum atomic E-state index is -1.10. The molecule has 0 spiro atoms. The summed E-state index contributed by atoms with van der Waals surface area (Å²) in [6, 6.07) is -0.488. The van der Waals surface area contributed by atoms with Gasteiger partial charge in [0.1, 0.15) is 5.00 Å². The van der Waals surface area contributed by atoms with Crippen LogP contribution in [-0.4, -0.2) is 47.9 Å². The minimum absolute atomic E-state index is 0.00997. The van der Waals surface area contributed by atoms with E-state index >= 15 is 0 Å². The van der Waals surface area contributed by atoms with Gasteiger partial charge in [-0.1, -0.05) is 0 Å². The highest BCUT2D eigenvalue weighted by atomic mass is 32.1. The van der Waals surface area contributed by atoms with Crippen LogP contribution < -0.4 is 10.6 Å². The monoisotopic (exact) mass is 379 g/mol. The van der Waals surface area contributed by atoms with E-state index in [4.69, 9.17) is 4.74 Å². The number of imide groups is 1. The predicted octanol–water partition coefficient (Wildman–Crippen LogP) is 1.81. The van der Waals surface area contributed by atoms with Crippen LogP contribution in [0.25, 0.3) is 0 Å². The van der Waals surface area contributed by atoms with E-state index in [2.05, 4.69) is 10.6 Å². The summed E-state index contributed by atoms with van der Waals surface area (Å²) in [5.74, 6) is -1.34. The van der Waals surface area contributed by atoms with Crippen molar-refractivity contribution in [2.24, 2.45) is 5.92 Å². The SMILES string of the molecule is Cc1sc(NC(=O)C2CC2)c(C(=O)O[C@@H](C)C(=O)N2CCNC2=O)c1C. The molecule has 8 nitrogen and oxygen atoms in total. The van der Waals surface area contributed by atoms with E-state index in [1.165, 1.54) is 18.3 Å². The quantitative estimate of drug-likeness (QED) is 0.759. The van der Waals surface area contributed by atoms with Gasteiger partial charge < -0.3 is 15.4 Å². The zero-order chi connectivity index (χ0) is 19.0. The lowest BCUT2D eigenvalue weighted by Crippen LogP contribution is -2.41. The Kier molecular flexibility index (Phi) is 4.99. The van der Waals surface area contributed by atoms with E-state index in [1.807, 2.05) is 6.92 Å². The molecule has 1 aliphatic heterocycles. The van der Waals surface area contributed by atoms with Gasteiger partial charge in [0.05, 0.1) is 5.56 Å². The van der Waals surface area contributed by atoms with Crippen LogP contribution in [0.3, 0.4) is 0 Å². The Morgan fingerprint density at radius 1 is 1.31 bits per heavy atom. The molecule has 0 aromatic carbocycles. The van der Waals surface area contributed by atoms with Crippen LogP contribution in [-0.2, 0) is 14.3 Å². The molecule has 1 aliphatic carbocycles. The maximum atomic E-state index is 12.6. The Labute approximate surface area is 154 Å². The lowest BCUT2D eigenvalue weighted by molar-refractivity contribution is -0.136. The molecule has 0 bridgehead atoms. The second-order valence-corrected chi connectivity index (χ2v) is 7.74. The number of esters is 1. The molecule has 1 saturated heterocycles. The second kappa shape index (κ2) is 7.06. The average molecular weight is 379 g/mol. The van der Waals surface area contributed by atoms with E-state index in [1.54, 1.807) is 6.92 Å².